The highest BCUT2D eigenvalue weighted by Gasteiger charge is 2.11. The molecule has 112 valence electrons. The number of phenolic OH excluding ortho intramolecular Hbond substituents is 1. The fourth-order valence-electron chi connectivity index (χ4n) is 2.34. The van der Waals surface area contributed by atoms with Crippen molar-refractivity contribution in [3.05, 3.63) is 47.0 Å². The zero-order chi connectivity index (χ0) is 15.4. The number of nitrogens with zero attached hydrogens (tertiary/aromatic N) is 1. The molecule has 0 aliphatic carbocycles. The molecule has 0 spiro atoms. The lowest BCUT2D eigenvalue weighted by Crippen LogP contribution is -2.22. The smallest absolute Gasteiger partial charge is 0.142 e. The van der Waals surface area contributed by atoms with Crippen LogP contribution in [0.25, 0.3) is 11.1 Å². The van der Waals surface area contributed by atoms with Crippen LogP contribution in [0.5, 0.6) is 5.75 Å². The van der Waals surface area contributed by atoms with Crippen LogP contribution in [0.4, 0.5) is 5.69 Å². The average molecular weight is 305 g/mol. The highest BCUT2D eigenvalue weighted by Crippen LogP contribution is 2.33. The molecule has 0 saturated carbocycles. The van der Waals surface area contributed by atoms with Crippen LogP contribution in [-0.4, -0.2) is 23.1 Å². The minimum atomic E-state index is 0.180. The van der Waals surface area contributed by atoms with Gasteiger partial charge in [-0.15, -0.1) is 0 Å². The Morgan fingerprint density at radius 2 is 1.67 bits per heavy atom. The van der Waals surface area contributed by atoms with Crippen molar-refractivity contribution < 1.29 is 5.11 Å². The molecule has 0 amide bonds. The molecule has 0 saturated heterocycles. The van der Waals surface area contributed by atoms with E-state index in [1.54, 1.807) is 6.07 Å². The Balaban J connectivity index is 2.40. The van der Waals surface area contributed by atoms with Crippen molar-refractivity contribution in [1.29, 1.82) is 0 Å². The molecule has 2 aromatic carbocycles. The highest BCUT2D eigenvalue weighted by atomic mass is 35.5. The summed E-state index contributed by atoms with van der Waals surface area (Å²) in [6.45, 7) is 6.76. The number of benzene rings is 2. The van der Waals surface area contributed by atoms with E-state index >= 15 is 0 Å². The van der Waals surface area contributed by atoms with Crippen LogP contribution >= 0.6 is 11.6 Å². The van der Waals surface area contributed by atoms with Crippen molar-refractivity contribution >= 4 is 17.3 Å². The van der Waals surface area contributed by atoms with Gasteiger partial charge in [-0.05, 0) is 48.5 Å². The highest BCUT2D eigenvalue weighted by molar-refractivity contribution is 6.30. The molecular formula is C17H21ClN2O. The maximum Gasteiger partial charge on any atom is 0.142 e. The van der Waals surface area contributed by atoms with Crippen molar-refractivity contribution in [2.75, 3.05) is 18.8 Å². The molecule has 21 heavy (non-hydrogen) atoms. The van der Waals surface area contributed by atoms with E-state index in [0.29, 0.717) is 17.3 Å². The zero-order valence-electron chi connectivity index (χ0n) is 12.4. The Morgan fingerprint density at radius 1 is 1.05 bits per heavy atom. The van der Waals surface area contributed by atoms with E-state index in [1.165, 1.54) is 0 Å². The second-order valence-electron chi connectivity index (χ2n) is 5.04. The lowest BCUT2D eigenvalue weighted by Gasteiger charge is -2.20. The monoisotopic (exact) mass is 304 g/mol. The van der Waals surface area contributed by atoms with Crippen molar-refractivity contribution in [3.63, 3.8) is 0 Å². The minimum absolute atomic E-state index is 0.180. The Morgan fingerprint density at radius 3 is 2.24 bits per heavy atom. The van der Waals surface area contributed by atoms with Crippen molar-refractivity contribution in [2.24, 2.45) is 0 Å². The van der Waals surface area contributed by atoms with Gasteiger partial charge in [0.1, 0.15) is 5.75 Å². The van der Waals surface area contributed by atoms with Gasteiger partial charge in [0.25, 0.3) is 0 Å². The van der Waals surface area contributed by atoms with Gasteiger partial charge in [-0.2, -0.15) is 0 Å². The van der Waals surface area contributed by atoms with Crippen molar-refractivity contribution in [1.82, 2.24) is 4.90 Å². The SMILES string of the molecule is CCN(CC)Cc1cc(-c2ccc(Cl)cc2)cc(N)c1O. The molecule has 0 fully saturated rings. The molecule has 0 heterocycles. The van der Waals surface area contributed by atoms with Gasteiger partial charge in [0, 0.05) is 17.1 Å². The summed E-state index contributed by atoms with van der Waals surface area (Å²) < 4.78 is 0. The summed E-state index contributed by atoms with van der Waals surface area (Å²) in [5.41, 5.74) is 9.23. The number of anilines is 1. The van der Waals surface area contributed by atoms with E-state index in [2.05, 4.69) is 18.7 Å². The molecule has 0 bridgehead atoms. The quantitative estimate of drug-likeness (QED) is 0.645. The predicted molar refractivity (Wildman–Crippen MR) is 89.6 cm³/mol. The number of hydrogen-bond acceptors (Lipinski definition) is 3. The molecule has 2 aromatic rings. The largest absolute Gasteiger partial charge is 0.505 e. The molecule has 0 radical (unpaired) electrons. The summed E-state index contributed by atoms with van der Waals surface area (Å²) in [6.07, 6.45) is 0. The van der Waals surface area contributed by atoms with Gasteiger partial charge in [-0.25, -0.2) is 0 Å². The fourth-order valence-corrected chi connectivity index (χ4v) is 2.46. The molecule has 0 aliphatic heterocycles. The van der Waals surface area contributed by atoms with Crippen LogP contribution in [0.2, 0.25) is 5.02 Å². The number of phenols is 1. The van der Waals surface area contributed by atoms with Gasteiger partial charge in [0.05, 0.1) is 5.69 Å². The van der Waals surface area contributed by atoms with E-state index in [4.69, 9.17) is 17.3 Å². The molecule has 0 aliphatic rings. The zero-order valence-corrected chi connectivity index (χ0v) is 13.2. The van der Waals surface area contributed by atoms with E-state index in [0.717, 1.165) is 29.8 Å². The second kappa shape index (κ2) is 6.83. The number of rotatable bonds is 5. The summed E-state index contributed by atoms with van der Waals surface area (Å²) in [6, 6.07) is 11.4. The third kappa shape index (κ3) is 3.69. The van der Waals surface area contributed by atoms with E-state index in [1.807, 2.05) is 30.3 Å². The maximum absolute atomic E-state index is 10.2. The summed E-state index contributed by atoms with van der Waals surface area (Å²) in [7, 11) is 0. The number of aromatic hydroxyl groups is 1. The Labute approximate surface area is 131 Å². The molecular weight excluding hydrogens is 284 g/mol. The van der Waals surface area contributed by atoms with Crippen LogP contribution in [0, 0.1) is 0 Å². The second-order valence-corrected chi connectivity index (χ2v) is 5.48. The van der Waals surface area contributed by atoms with Crippen LogP contribution in [0.3, 0.4) is 0 Å². The number of nitrogen functional groups attached to an aromatic ring is 1. The fraction of sp³-hybridized carbons (Fsp3) is 0.294. The van der Waals surface area contributed by atoms with Gasteiger partial charge < -0.3 is 10.8 Å². The van der Waals surface area contributed by atoms with E-state index in [-0.39, 0.29) is 5.75 Å². The van der Waals surface area contributed by atoms with Crippen LogP contribution < -0.4 is 5.73 Å². The van der Waals surface area contributed by atoms with E-state index < -0.39 is 0 Å². The molecule has 3 N–H and O–H groups in total. The lowest BCUT2D eigenvalue weighted by atomic mass is 10.0. The van der Waals surface area contributed by atoms with Gasteiger partial charge in [-0.1, -0.05) is 37.6 Å². The summed E-state index contributed by atoms with van der Waals surface area (Å²) in [4.78, 5) is 2.24. The Kier molecular flexibility index (Phi) is 5.10. The number of nitrogens with two attached hydrogens (primary N) is 1. The first-order valence-corrected chi connectivity index (χ1v) is 7.52. The number of halogens is 1. The molecule has 0 atom stereocenters. The van der Waals surface area contributed by atoms with Gasteiger partial charge in [0.15, 0.2) is 0 Å². The molecule has 2 rings (SSSR count). The summed E-state index contributed by atoms with van der Waals surface area (Å²) in [5.74, 6) is 0.180. The summed E-state index contributed by atoms with van der Waals surface area (Å²) >= 11 is 5.92. The van der Waals surface area contributed by atoms with E-state index in [9.17, 15) is 5.11 Å². The van der Waals surface area contributed by atoms with Crippen LogP contribution in [0.1, 0.15) is 19.4 Å². The summed E-state index contributed by atoms with van der Waals surface area (Å²) in [5, 5.41) is 10.9. The first-order chi connectivity index (χ1) is 10.0. The Hall–Kier alpha value is -1.71. The van der Waals surface area contributed by atoms with Crippen molar-refractivity contribution in [3.8, 4) is 16.9 Å². The molecule has 4 heteroatoms. The average Bonchev–Trinajstić information content (AvgIpc) is 2.49. The van der Waals surface area contributed by atoms with Gasteiger partial charge in [-0.3, -0.25) is 4.90 Å². The molecule has 3 nitrogen and oxygen atoms in total. The Bertz CT molecular complexity index is 607. The van der Waals surface area contributed by atoms with Crippen LogP contribution in [-0.2, 0) is 6.54 Å². The third-order valence-electron chi connectivity index (χ3n) is 3.68. The van der Waals surface area contributed by atoms with Crippen LogP contribution in [0.15, 0.2) is 36.4 Å². The predicted octanol–water partition coefficient (Wildman–Crippen LogP) is 4.14. The van der Waals surface area contributed by atoms with Gasteiger partial charge in [0.2, 0.25) is 0 Å². The molecule has 0 unspecified atom stereocenters. The first-order valence-electron chi connectivity index (χ1n) is 7.14. The topological polar surface area (TPSA) is 49.5 Å². The van der Waals surface area contributed by atoms with Crippen molar-refractivity contribution in [2.45, 2.75) is 20.4 Å². The first kappa shape index (κ1) is 15.7. The number of hydrogen-bond donors (Lipinski definition) is 2. The van der Waals surface area contributed by atoms with Gasteiger partial charge >= 0.3 is 0 Å². The minimum Gasteiger partial charge on any atom is -0.505 e. The normalized spacial score (nSPS) is 11.0. The third-order valence-corrected chi connectivity index (χ3v) is 3.94. The molecule has 0 aromatic heterocycles. The maximum atomic E-state index is 10.2. The lowest BCUT2D eigenvalue weighted by molar-refractivity contribution is 0.291. The standard InChI is InChI=1S/C17H21ClN2O/c1-3-20(4-2)11-14-9-13(10-16(19)17(14)21)12-5-7-15(18)8-6-12/h5-10,21H,3-4,11,19H2,1-2H3.